The number of benzene rings is 4. The number of hydrogen-bond acceptors (Lipinski definition) is 4. The molecule has 1 N–H and O–H groups in total. The van der Waals surface area contributed by atoms with Crippen LogP contribution in [0.25, 0.3) is 21.5 Å². The molecule has 1 amide bonds. The Kier molecular flexibility index (Phi) is 5.82. The van der Waals surface area contributed by atoms with Crippen LogP contribution in [-0.2, 0) is 21.2 Å². The Labute approximate surface area is 198 Å². The second-order valence-electron chi connectivity index (χ2n) is 8.20. The average Bonchev–Trinajstić information content (AvgIpc) is 2.87. The van der Waals surface area contributed by atoms with E-state index in [0.29, 0.717) is 6.42 Å². The Morgan fingerprint density at radius 3 is 2.09 bits per heavy atom. The third-order valence-electron chi connectivity index (χ3n) is 5.92. The third kappa shape index (κ3) is 4.54. The van der Waals surface area contributed by atoms with E-state index in [1.807, 2.05) is 72.8 Å². The second kappa shape index (κ2) is 9.08. The molecule has 0 aliphatic heterocycles. The lowest BCUT2D eigenvalue weighted by molar-refractivity contribution is -0.120. The maximum Gasteiger partial charge on any atom is 0.264 e. The summed E-state index contributed by atoms with van der Waals surface area (Å²) in [6, 6.07) is 29.7. The Bertz CT molecular complexity index is 1600. The number of rotatable bonds is 6. The van der Waals surface area contributed by atoms with E-state index in [1.54, 1.807) is 30.6 Å². The van der Waals surface area contributed by atoms with Gasteiger partial charge in [0.2, 0.25) is 5.91 Å². The largest absolute Gasteiger partial charge is 0.273 e. The average molecular weight is 467 g/mol. The molecule has 1 heterocycles. The Hall–Kier alpha value is -4.03. The maximum atomic E-state index is 13.4. The number of nitrogens with zero attached hydrogens (tertiary/aromatic N) is 1. The molecule has 34 heavy (non-hydrogen) atoms. The Morgan fingerprint density at radius 2 is 1.41 bits per heavy atom. The van der Waals surface area contributed by atoms with Gasteiger partial charge in [-0.15, -0.1) is 0 Å². The summed E-state index contributed by atoms with van der Waals surface area (Å²) in [6.07, 6.45) is 3.68. The molecule has 0 aliphatic carbocycles. The lowest BCUT2D eigenvalue weighted by Gasteiger charge is -2.18. The fourth-order valence-electron chi connectivity index (χ4n) is 4.14. The van der Waals surface area contributed by atoms with Crippen molar-refractivity contribution in [3.05, 3.63) is 121 Å². The fourth-order valence-corrected chi connectivity index (χ4v) is 5.19. The first-order chi connectivity index (χ1) is 16.5. The van der Waals surface area contributed by atoms with Crippen molar-refractivity contribution in [2.75, 3.05) is 0 Å². The molecular formula is C28H22N2O3S. The molecule has 1 atom stereocenters. The van der Waals surface area contributed by atoms with Crippen LogP contribution in [0.2, 0.25) is 0 Å². The number of carbonyl (C=O) groups excluding carboxylic acids is 1. The Morgan fingerprint density at radius 1 is 0.765 bits per heavy atom. The third-order valence-corrected chi connectivity index (χ3v) is 7.27. The lowest BCUT2D eigenvalue weighted by atomic mass is 9.90. The van der Waals surface area contributed by atoms with Gasteiger partial charge in [-0.25, -0.2) is 13.1 Å². The summed E-state index contributed by atoms with van der Waals surface area (Å²) in [7, 11) is -4.05. The van der Waals surface area contributed by atoms with Crippen molar-refractivity contribution in [3.63, 3.8) is 0 Å². The van der Waals surface area contributed by atoms with Gasteiger partial charge < -0.3 is 0 Å². The van der Waals surface area contributed by atoms with Crippen LogP contribution in [0.3, 0.4) is 0 Å². The second-order valence-corrected chi connectivity index (χ2v) is 9.89. The summed E-state index contributed by atoms with van der Waals surface area (Å²) >= 11 is 0. The molecule has 0 bridgehead atoms. The SMILES string of the molecule is O=C(NS(=O)(=O)c1ccc2ccccc2c1)C(Cc1cccnc1)c1ccc2ccccc2c1. The van der Waals surface area contributed by atoms with Crippen molar-refractivity contribution in [2.24, 2.45) is 0 Å². The van der Waals surface area contributed by atoms with Gasteiger partial charge in [0.15, 0.2) is 0 Å². The normalized spacial score (nSPS) is 12.5. The highest BCUT2D eigenvalue weighted by Gasteiger charge is 2.27. The molecule has 6 heteroatoms. The van der Waals surface area contributed by atoms with Crippen LogP contribution in [0.5, 0.6) is 0 Å². The van der Waals surface area contributed by atoms with E-state index in [4.69, 9.17) is 0 Å². The van der Waals surface area contributed by atoms with Crippen LogP contribution in [0.1, 0.15) is 17.0 Å². The zero-order chi connectivity index (χ0) is 23.5. The standard InChI is InChI=1S/C28H22N2O3S/c31-28(30-34(32,33)26-14-13-22-8-2-4-10-24(22)18-26)27(16-20-6-5-15-29-19-20)25-12-11-21-7-1-3-9-23(21)17-25/h1-15,17-19,27H,16H2,(H,30,31). The minimum atomic E-state index is -4.05. The summed E-state index contributed by atoms with van der Waals surface area (Å²) in [6.45, 7) is 0. The molecule has 5 nitrogen and oxygen atoms in total. The highest BCUT2D eigenvalue weighted by Crippen LogP contribution is 2.26. The van der Waals surface area contributed by atoms with Gasteiger partial charge in [0.05, 0.1) is 10.8 Å². The first kappa shape index (κ1) is 21.8. The molecule has 4 aromatic carbocycles. The van der Waals surface area contributed by atoms with Crippen molar-refractivity contribution in [1.82, 2.24) is 9.71 Å². The molecule has 1 aromatic heterocycles. The van der Waals surface area contributed by atoms with Crippen molar-refractivity contribution in [3.8, 4) is 0 Å². The van der Waals surface area contributed by atoms with Gasteiger partial charge in [0.25, 0.3) is 10.0 Å². The molecule has 0 saturated carbocycles. The van der Waals surface area contributed by atoms with Crippen LogP contribution in [0, 0.1) is 0 Å². The maximum absolute atomic E-state index is 13.4. The molecular weight excluding hydrogens is 444 g/mol. The van der Waals surface area contributed by atoms with Crippen molar-refractivity contribution >= 4 is 37.5 Å². The zero-order valence-corrected chi connectivity index (χ0v) is 19.1. The number of aromatic nitrogens is 1. The minimum Gasteiger partial charge on any atom is -0.273 e. The molecule has 5 aromatic rings. The molecule has 0 radical (unpaired) electrons. The van der Waals surface area contributed by atoms with Crippen molar-refractivity contribution in [1.29, 1.82) is 0 Å². The summed E-state index contributed by atoms with van der Waals surface area (Å²) < 4.78 is 28.6. The van der Waals surface area contributed by atoms with E-state index < -0.39 is 21.8 Å². The summed E-state index contributed by atoms with van der Waals surface area (Å²) in [4.78, 5) is 17.6. The van der Waals surface area contributed by atoms with Gasteiger partial charge >= 0.3 is 0 Å². The highest BCUT2D eigenvalue weighted by molar-refractivity contribution is 7.90. The summed E-state index contributed by atoms with van der Waals surface area (Å²) in [5.74, 6) is -1.28. The van der Waals surface area contributed by atoms with E-state index >= 15 is 0 Å². The lowest BCUT2D eigenvalue weighted by Crippen LogP contribution is -2.35. The van der Waals surface area contributed by atoms with Crippen LogP contribution in [0.15, 0.2) is 114 Å². The van der Waals surface area contributed by atoms with E-state index in [0.717, 1.165) is 32.7 Å². The number of fused-ring (bicyclic) bond motifs is 2. The molecule has 0 aliphatic rings. The molecule has 0 saturated heterocycles. The van der Waals surface area contributed by atoms with E-state index in [-0.39, 0.29) is 4.90 Å². The summed E-state index contributed by atoms with van der Waals surface area (Å²) in [5.41, 5.74) is 1.59. The quantitative estimate of drug-likeness (QED) is 0.372. The van der Waals surface area contributed by atoms with Gasteiger partial charge in [-0.05, 0) is 57.3 Å². The number of amides is 1. The zero-order valence-electron chi connectivity index (χ0n) is 18.3. The first-order valence-electron chi connectivity index (χ1n) is 10.9. The predicted molar refractivity (Wildman–Crippen MR) is 134 cm³/mol. The van der Waals surface area contributed by atoms with E-state index in [2.05, 4.69) is 9.71 Å². The van der Waals surface area contributed by atoms with Crippen LogP contribution >= 0.6 is 0 Å². The van der Waals surface area contributed by atoms with Gasteiger partial charge in [0, 0.05) is 12.4 Å². The molecule has 0 spiro atoms. The van der Waals surface area contributed by atoms with E-state index in [1.165, 1.54) is 6.07 Å². The monoisotopic (exact) mass is 466 g/mol. The first-order valence-corrected chi connectivity index (χ1v) is 12.4. The van der Waals surface area contributed by atoms with Crippen LogP contribution < -0.4 is 4.72 Å². The van der Waals surface area contributed by atoms with Crippen LogP contribution in [0.4, 0.5) is 0 Å². The van der Waals surface area contributed by atoms with Gasteiger partial charge in [0.1, 0.15) is 0 Å². The number of carbonyl (C=O) groups is 1. The van der Waals surface area contributed by atoms with Gasteiger partial charge in [-0.1, -0.05) is 78.9 Å². The van der Waals surface area contributed by atoms with Gasteiger partial charge in [-0.3, -0.25) is 9.78 Å². The van der Waals surface area contributed by atoms with E-state index in [9.17, 15) is 13.2 Å². The highest BCUT2D eigenvalue weighted by atomic mass is 32.2. The fraction of sp³-hybridized carbons (Fsp3) is 0.0714. The van der Waals surface area contributed by atoms with Crippen molar-refractivity contribution < 1.29 is 13.2 Å². The Balaban J connectivity index is 1.49. The minimum absolute atomic E-state index is 0.0539. The van der Waals surface area contributed by atoms with Gasteiger partial charge in [-0.2, -0.15) is 0 Å². The molecule has 1 unspecified atom stereocenters. The van der Waals surface area contributed by atoms with Crippen LogP contribution in [-0.4, -0.2) is 19.3 Å². The predicted octanol–water partition coefficient (Wildman–Crippen LogP) is 5.22. The van der Waals surface area contributed by atoms with Crippen molar-refractivity contribution in [2.45, 2.75) is 17.2 Å². The topological polar surface area (TPSA) is 76.1 Å². The number of hydrogen-bond donors (Lipinski definition) is 1. The number of sulfonamides is 1. The smallest absolute Gasteiger partial charge is 0.264 e. The molecule has 168 valence electrons. The molecule has 0 fully saturated rings. The molecule has 5 rings (SSSR count). The summed E-state index contributed by atoms with van der Waals surface area (Å²) in [5, 5.41) is 3.76. The number of nitrogens with one attached hydrogen (secondary N) is 1. The number of pyridine rings is 1.